The molecule has 0 N–H and O–H groups in total. The molecule has 4 aromatic rings. The number of carbonyl (C=O) groups is 1. The van der Waals surface area contributed by atoms with Gasteiger partial charge in [-0.25, -0.2) is 14.2 Å². The van der Waals surface area contributed by atoms with Crippen LogP contribution in [0.2, 0.25) is 0 Å². The summed E-state index contributed by atoms with van der Waals surface area (Å²) in [6.07, 6.45) is 1.77. The monoisotopic (exact) mass is 776 g/mol. The van der Waals surface area contributed by atoms with Gasteiger partial charge in [0.15, 0.2) is 4.80 Å². The summed E-state index contributed by atoms with van der Waals surface area (Å²) in [4.78, 5) is 32.4. The van der Waals surface area contributed by atoms with Gasteiger partial charge < -0.3 is 14.2 Å². The van der Waals surface area contributed by atoms with Crippen LogP contribution >= 0.6 is 49.9 Å². The second-order valence-electron chi connectivity index (χ2n) is 9.53. The molecule has 11 heteroatoms. The van der Waals surface area contributed by atoms with Crippen LogP contribution in [0.15, 0.2) is 86.2 Å². The number of allylic oxidation sites excluding steroid dienone is 1. The molecule has 0 bridgehead atoms. The maximum atomic E-state index is 14.1. The van der Waals surface area contributed by atoms with Crippen molar-refractivity contribution in [1.82, 2.24) is 4.57 Å². The summed E-state index contributed by atoms with van der Waals surface area (Å²) in [7, 11) is 0. The lowest BCUT2D eigenvalue weighted by Crippen LogP contribution is -2.39. The Balaban J connectivity index is 1.63. The molecule has 1 aromatic heterocycles. The zero-order valence-corrected chi connectivity index (χ0v) is 28.1. The Labute approximate surface area is 273 Å². The predicted molar refractivity (Wildman–Crippen MR) is 176 cm³/mol. The number of benzene rings is 3. The third-order valence-corrected chi connectivity index (χ3v) is 8.89. The van der Waals surface area contributed by atoms with E-state index in [1.807, 2.05) is 43.3 Å². The van der Waals surface area contributed by atoms with Crippen LogP contribution in [0.4, 0.5) is 4.39 Å². The molecule has 1 atom stereocenters. The number of hydrogen-bond acceptors (Lipinski definition) is 7. The highest BCUT2D eigenvalue weighted by Gasteiger charge is 2.33. The van der Waals surface area contributed by atoms with Gasteiger partial charge in [-0.15, -0.1) is 0 Å². The highest BCUT2D eigenvalue weighted by Crippen LogP contribution is 2.33. The molecule has 0 saturated carbocycles. The van der Waals surface area contributed by atoms with Crippen molar-refractivity contribution in [3.63, 3.8) is 0 Å². The lowest BCUT2D eigenvalue weighted by Gasteiger charge is -2.24. The molecule has 0 unspecified atom stereocenters. The van der Waals surface area contributed by atoms with E-state index in [4.69, 9.17) is 14.2 Å². The summed E-state index contributed by atoms with van der Waals surface area (Å²) >= 11 is 6.98. The van der Waals surface area contributed by atoms with Gasteiger partial charge in [0.2, 0.25) is 0 Å². The number of rotatable bonds is 9. The third kappa shape index (κ3) is 6.78. The Bertz CT molecular complexity index is 1880. The normalized spacial score (nSPS) is 14.7. The van der Waals surface area contributed by atoms with Crippen molar-refractivity contribution >= 4 is 61.9 Å². The van der Waals surface area contributed by atoms with Crippen molar-refractivity contribution in [3.05, 3.63) is 122 Å². The van der Waals surface area contributed by atoms with Crippen LogP contribution in [0.1, 0.15) is 43.5 Å². The zero-order valence-electron chi connectivity index (χ0n) is 23.5. The first-order chi connectivity index (χ1) is 20.7. The Hall–Kier alpha value is -3.29. The molecule has 0 fully saturated rings. The van der Waals surface area contributed by atoms with Gasteiger partial charge >= 0.3 is 5.97 Å². The van der Waals surface area contributed by atoms with Crippen LogP contribution < -0.4 is 24.4 Å². The van der Waals surface area contributed by atoms with Crippen LogP contribution in [0.25, 0.3) is 6.08 Å². The van der Waals surface area contributed by atoms with Gasteiger partial charge in [-0.05, 0) is 97.0 Å². The van der Waals surface area contributed by atoms with Gasteiger partial charge in [-0.1, -0.05) is 51.5 Å². The van der Waals surface area contributed by atoms with Gasteiger partial charge in [-0.2, -0.15) is 0 Å². The number of nitrogens with zero attached hydrogens (tertiary/aromatic N) is 2. The second-order valence-corrected chi connectivity index (χ2v) is 12.6. The molecule has 0 radical (unpaired) electrons. The number of carbonyl (C=O) groups excluding carboxylic acids is 1. The van der Waals surface area contributed by atoms with Crippen LogP contribution in [-0.4, -0.2) is 23.8 Å². The van der Waals surface area contributed by atoms with E-state index in [0.29, 0.717) is 44.3 Å². The summed E-state index contributed by atoms with van der Waals surface area (Å²) in [6, 6.07) is 16.5. The molecular weight excluding hydrogens is 750 g/mol. The van der Waals surface area contributed by atoms with Crippen LogP contribution in [0.3, 0.4) is 0 Å². The molecular formula is C32H27BrFIN2O5S. The lowest BCUT2D eigenvalue weighted by atomic mass is 9.96. The van der Waals surface area contributed by atoms with E-state index in [2.05, 4.69) is 43.5 Å². The van der Waals surface area contributed by atoms with Gasteiger partial charge in [0.05, 0.1) is 38.6 Å². The number of ether oxygens (including phenoxy) is 3. The fourth-order valence-electron chi connectivity index (χ4n) is 4.74. The molecule has 5 rings (SSSR count). The van der Waals surface area contributed by atoms with Gasteiger partial charge in [-0.3, -0.25) is 9.36 Å². The second kappa shape index (κ2) is 13.6. The number of hydrogen-bond donors (Lipinski definition) is 0. The fourth-order valence-corrected chi connectivity index (χ4v) is 7.48. The van der Waals surface area contributed by atoms with Crippen molar-refractivity contribution in [2.45, 2.75) is 33.4 Å². The summed E-state index contributed by atoms with van der Waals surface area (Å²) < 4.78 is 34.2. The summed E-state index contributed by atoms with van der Waals surface area (Å²) in [5.74, 6) is 0.442. The van der Waals surface area contributed by atoms with Crippen LogP contribution in [0.5, 0.6) is 11.5 Å². The average Bonchev–Trinajstić information content (AvgIpc) is 3.27. The average molecular weight is 777 g/mol. The van der Waals surface area contributed by atoms with Crippen LogP contribution in [-0.2, 0) is 16.1 Å². The number of fused-ring (bicyclic) bond motifs is 1. The van der Waals surface area contributed by atoms with Crippen LogP contribution in [0, 0.1) is 9.39 Å². The molecule has 222 valence electrons. The molecule has 0 spiro atoms. The predicted octanol–water partition coefficient (Wildman–Crippen LogP) is 6.28. The van der Waals surface area contributed by atoms with Gasteiger partial charge in [0, 0.05) is 10.0 Å². The first-order valence-corrected chi connectivity index (χ1v) is 16.2. The standard InChI is InChI=1S/C32H27BrFIN2O5S/c1-4-40-24-12-8-20(9-13-24)28-27(31(39)41-5-2)18(3)36-32-37(28)30(38)26(43-32)15-21-14-22(33)16-25(35)29(21)42-17-19-6-10-23(34)11-7-19/h6-16,28H,4-5,17H2,1-3H3/b26-15-/t28-/m1/s1. The first kappa shape index (κ1) is 31.1. The van der Waals surface area contributed by atoms with Crippen molar-refractivity contribution in [2.24, 2.45) is 4.99 Å². The minimum atomic E-state index is -0.732. The quantitative estimate of drug-likeness (QED) is 0.148. The molecule has 0 saturated heterocycles. The van der Waals surface area contributed by atoms with E-state index in [1.165, 1.54) is 23.5 Å². The van der Waals surface area contributed by atoms with Crippen molar-refractivity contribution in [1.29, 1.82) is 0 Å². The minimum absolute atomic E-state index is 0.193. The van der Waals surface area contributed by atoms with Crippen molar-refractivity contribution in [3.8, 4) is 11.5 Å². The molecule has 1 aliphatic heterocycles. The number of halogens is 3. The molecule has 43 heavy (non-hydrogen) atoms. The zero-order chi connectivity index (χ0) is 30.7. The largest absolute Gasteiger partial charge is 0.494 e. The van der Waals surface area contributed by atoms with Crippen molar-refractivity contribution < 1.29 is 23.4 Å². The maximum absolute atomic E-state index is 14.1. The topological polar surface area (TPSA) is 79.1 Å². The number of aromatic nitrogens is 1. The highest BCUT2D eigenvalue weighted by molar-refractivity contribution is 14.1. The number of thiazole rings is 1. The molecule has 3 aromatic carbocycles. The van der Waals surface area contributed by atoms with E-state index >= 15 is 0 Å². The highest BCUT2D eigenvalue weighted by atomic mass is 127. The fraction of sp³-hybridized carbons (Fsp3) is 0.219. The molecule has 1 aliphatic rings. The van der Waals surface area contributed by atoms with E-state index in [9.17, 15) is 14.0 Å². The SMILES string of the molecule is CCOC(=O)C1=C(C)N=c2s/c(=C\c3cc(Br)cc(I)c3OCc3ccc(F)cc3)c(=O)n2[C@@H]1c1ccc(OCC)cc1. The molecule has 2 heterocycles. The Morgan fingerprint density at radius 3 is 2.49 bits per heavy atom. The van der Waals surface area contributed by atoms with E-state index < -0.39 is 12.0 Å². The smallest absolute Gasteiger partial charge is 0.338 e. The molecule has 0 amide bonds. The molecule has 0 aliphatic carbocycles. The van der Waals surface area contributed by atoms with E-state index in [0.717, 1.165) is 19.2 Å². The Kier molecular flexibility index (Phi) is 9.82. The van der Waals surface area contributed by atoms with Gasteiger partial charge in [0.25, 0.3) is 5.56 Å². The maximum Gasteiger partial charge on any atom is 0.338 e. The Morgan fingerprint density at radius 2 is 1.81 bits per heavy atom. The van der Waals surface area contributed by atoms with Gasteiger partial charge in [0.1, 0.15) is 23.9 Å². The van der Waals surface area contributed by atoms with E-state index in [-0.39, 0.29) is 24.6 Å². The minimum Gasteiger partial charge on any atom is -0.494 e. The van der Waals surface area contributed by atoms with E-state index in [1.54, 1.807) is 36.6 Å². The summed E-state index contributed by atoms with van der Waals surface area (Å²) in [5, 5.41) is 0. The third-order valence-electron chi connectivity index (χ3n) is 6.64. The summed E-state index contributed by atoms with van der Waals surface area (Å²) in [5.41, 5.74) is 2.73. The lowest BCUT2D eigenvalue weighted by molar-refractivity contribution is -0.139. The first-order valence-electron chi connectivity index (χ1n) is 13.5. The molecule has 7 nitrogen and oxygen atoms in total. The number of esters is 1. The van der Waals surface area contributed by atoms with Crippen molar-refractivity contribution in [2.75, 3.05) is 13.2 Å². The summed E-state index contributed by atoms with van der Waals surface area (Å²) in [6.45, 7) is 6.33. The Morgan fingerprint density at radius 1 is 1.09 bits per heavy atom.